The van der Waals surface area contributed by atoms with Crippen LogP contribution in [0.3, 0.4) is 0 Å². The summed E-state index contributed by atoms with van der Waals surface area (Å²) in [6.45, 7) is 4.16. The number of carbonyl (C=O) groups is 1. The van der Waals surface area contributed by atoms with E-state index in [4.69, 9.17) is 4.42 Å². The highest BCUT2D eigenvalue weighted by Gasteiger charge is 2.19. The zero-order chi connectivity index (χ0) is 16.4. The third-order valence-electron chi connectivity index (χ3n) is 3.74. The second-order valence-corrected chi connectivity index (χ2v) is 6.29. The third kappa shape index (κ3) is 3.03. The van der Waals surface area contributed by atoms with Crippen molar-refractivity contribution in [3.05, 3.63) is 62.4 Å². The van der Waals surface area contributed by atoms with E-state index < -0.39 is 11.5 Å². The normalized spacial score (nSPS) is 12.3. The average molecular weight is 328 g/mol. The minimum atomic E-state index is -0.611. The van der Waals surface area contributed by atoms with Crippen LogP contribution in [-0.2, 0) is 0 Å². The number of nitrogens with zero attached hydrogens (tertiary/aromatic N) is 1. The van der Waals surface area contributed by atoms with Gasteiger partial charge in [0.1, 0.15) is 11.1 Å². The number of aromatic nitrogens is 1. The predicted octanol–water partition coefficient (Wildman–Crippen LogP) is 3.09. The van der Waals surface area contributed by atoms with Crippen LogP contribution in [0.5, 0.6) is 0 Å². The molecule has 1 N–H and O–H groups in total. The van der Waals surface area contributed by atoms with Crippen molar-refractivity contribution < 1.29 is 9.21 Å². The van der Waals surface area contributed by atoms with Crippen molar-refractivity contribution in [2.75, 3.05) is 6.54 Å². The molecule has 3 aromatic rings. The first-order valence-electron chi connectivity index (χ1n) is 7.28. The van der Waals surface area contributed by atoms with Gasteiger partial charge in [0.05, 0.1) is 5.01 Å². The van der Waals surface area contributed by atoms with Crippen LogP contribution in [0.1, 0.15) is 33.8 Å². The number of hydrogen-bond donors (Lipinski definition) is 1. The summed E-state index contributed by atoms with van der Waals surface area (Å²) in [6.07, 6.45) is 1.74. The average Bonchev–Trinajstić information content (AvgIpc) is 3.07. The van der Waals surface area contributed by atoms with Crippen molar-refractivity contribution in [2.24, 2.45) is 0 Å². The summed E-state index contributed by atoms with van der Waals surface area (Å²) in [4.78, 5) is 28.8. The van der Waals surface area contributed by atoms with E-state index in [-0.39, 0.29) is 11.5 Å². The van der Waals surface area contributed by atoms with Crippen molar-refractivity contribution in [1.82, 2.24) is 10.3 Å². The molecule has 23 heavy (non-hydrogen) atoms. The molecule has 0 fully saturated rings. The molecule has 3 rings (SSSR count). The first-order chi connectivity index (χ1) is 11.1. The van der Waals surface area contributed by atoms with Crippen molar-refractivity contribution >= 4 is 28.2 Å². The number of fused-ring (bicyclic) bond motifs is 1. The molecule has 0 radical (unpaired) electrons. The van der Waals surface area contributed by atoms with Crippen LogP contribution >= 0.6 is 11.3 Å². The van der Waals surface area contributed by atoms with Gasteiger partial charge in [-0.25, -0.2) is 9.78 Å². The molecule has 0 aliphatic heterocycles. The van der Waals surface area contributed by atoms with Crippen LogP contribution in [0.2, 0.25) is 0 Å². The molecule has 5 nitrogen and oxygen atoms in total. The predicted molar refractivity (Wildman–Crippen MR) is 90.1 cm³/mol. The van der Waals surface area contributed by atoms with Crippen LogP contribution in [0.4, 0.5) is 0 Å². The maximum Gasteiger partial charge on any atom is 0.349 e. The SMILES string of the molecule is Cc1c(C(=O)NC[C@@H](C)c2nccs2)c(=O)oc2ccccc12. The molecular weight excluding hydrogens is 312 g/mol. The Morgan fingerprint density at radius 2 is 2.17 bits per heavy atom. The van der Waals surface area contributed by atoms with Gasteiger partial charge in [0, 0.05) is 29.4 Å². The minimum absolute atomic E-state index is 0.0649. The summed E-state index contributed by atoms with van der Waals surface area (Å²) in [5.41, 5.74) is 0.578. The van der Waals surface area contributed by atoms with Gasteiger partial charge in [-0.15, -0.1) is 11.3 Å². The number of rotatable bonds is 4. The van der Waals surface area contributed by atoms with Gasteiger partial charge >= 0.3 is 5.63 Å². The van der Waals surface area contributed by atoms with Crippen LogP contribution < -0.4 is 10.9 Å². The van der Waals surface area contributed by atoms with Gasteiger partial charge < -0.3 is 9.73 Å². The highest BCUT2D eigenvalue weighted by Crippen LogP contribution is 2.19. The number of hydrogen-bond acceptors (Lipinski definition) is 5. The summed E-state index contributed by atoms with van der Waals surface area (Å²) in [7, 11) is 0. The summed E-state index contributed by atoms with van der Waals surface area (Å²) in [5.74, 6) is -0.322. The molecule has 1 amide bonds. The Hall–Kier alpha value is -2.47. The lowest BCUT2D eigenvalue weighted by atomic mass is 10.1. The van der Waals surface area contributed by atoms with Crippen molar-refractivity contribution in [3.63, 3.8) is 0 Å². The zero-order valence-corrected chi connectivity index (χ0v) is 13.6. The largest absolute Gasteiger partial charge is 0.422 e. The molecule has 0 saturated carbocycles. The Bertz CT molecular complexity index is 900. The topological polar surface area (TPSA) is 72.2 Å². The number of thiazole rings is 1. The van der Waals surface area contributed by atoms with E-state index in [0.717, 1.165) is 10.4 Å². The summed E-state index contributed by atoms with van der Waals surface area (Å²) in [5, 5.41) is 6.42. The molecular formula is C17H16N2O3S. The van der Waals surface area contributed by atoms with E-state index >= 15 is 0 Å². The number of para-hydroxylation sites is 1. The van der Waals surface area contributed by atoms with Gasteiger partial charge in [-0.05, 0) is 18.6 Å². The van der Waals surface area contributed by atoms with Crippen molar-refractivity contribution in [3.8, 4) is 0 Å². The molecule has 1 atom stereocenters. The first-order valence-corrected chi connectivity index (χ1v) is 8.16. The summed E-state index contributed by atoms with van der Waals surface area (Å²) in [6, 6.07) is 7.19. The molecule has 0 bridgehead atoms. The summed E-state index contributed by atoms with van der Waals surface area (Å²) >= 11 is 1.54. The van der Waals surface area contributed by atoms with E-state index in [2.05, 4.69) is 10.3 Å². The summed E-state index contributed by atoms with van der Waals surface area (Å²) < 4.78 is 5.25. The lowest BCUT2D eigenvalue weighted by molar-refractivity contribution is 0.0947. The molecule has 2 heterocycles. The first kappa shape index (κ1) is 15.4. The van der Waals surface area contributed by atoms with E-state index in [1.54, 1.807) is 36.6 Å². The fourth-order valence-electron chi connectivity index (χ4n) is 2.47. The van der Waals surface area contributed by atoms with Gasteiger partial charge in [-0.2, -0.15) is 0 Å². The maximum absolute atomic E-state index is 12.4. The van der Waals surface area contributed by atoms with Crippen LogP contribution in [0.25, 0.3) is 11.0 Å². The molecule has 1 aromatic carbocycles. The smallest absolute Gasteiger partial charge is 0.349 e. The number of amides is 1. The van der Waals surface area contributed by atoms with E-state index in [1.165, 1.54) is 0 Å². The van der Waals surface area contributed by atoms with Gasteiger partial charge in [0.2, 0.25) is 0 Å². The fraction of sp³-hybridized carbons (Fsp3) is 0.235. The van der Waals surface area contributed by atoms with Gasteiger partial charge in [-0.1, -0.05) is 25.1 Å². The van der Waals surface area contributed by atoms with Crippen LogP contribution in [-0.4, -0.2) is 17.4 Å². The molecule has 0 unspecified atom stereocenters. The zero-order valence-electron chi connectivity index (χ0n) is 12.8. The van der Waals surface area contributed by atoms with E-state index in [9.17, 15) is 9.59 Å². The number of nitrogens with one attached hydrogen (secondary N) is 1. The van der Waals surface area contributed by atoms with Crippen molar-refractivity contribution in [1.29, 1.82) is 0 Å². The third-order valence-corrected chi connectivity index (χ3v) is 4.75. The highest BCUT2D eigenvalue weighted by molar-refractivity contribution is 7.09. The number of benzene rings is 1. The fourth-order valence-corrected chi connectivity index (χ4v) is 3.16. The monoisotopic (exact) mass is 328 g/mol. The Balaban J connectivity index is 1.85. The molecule has 118 valence electrons. The van der Waals surface area contributed by atoms with Gasteiger partial charge in [0.25, 0.3) is 5.91 Å². The molecule has 0 spiro atoms. The lowest BCUT2D eigenvalue weighted by Crippen LogP contribution is -2.32. The number of aryl methyl sites for hydroxylation is 1. The van der Waals surface area contributed by atoms with E-state index in [1.807, 2.05) is 24.4 Å². The standard InChI is InChI=1S/C17H16N2O3S/c1-10(16-18-7-8-23-16)9-19-15(20)14-11(2)12-5-3-4-6-13(12)22-17(14)21/h3-8,10H,9H2,1-2H3,(H,19,20)/t10-/m1/s1. The molecule has 6 heteroatoms. The quantitative estimate of drug-likeness (QED) is 0.747. The maximum atomic E-state index is 12.4. The van der Waals surface area contributed by atoms with Crippen molar-refractivity contribution in [2.45, 2.75) is 19.8 Å². The second-order valence-electron chi connectivity index (χ2n) is 5.37. The Morgan fingerprint density at radius 3 is 2.91 bits per heavy atom. The number of carbonyl (C=O) groups excluding carboxylic acids is 1. The second kappa shape index (κ2) is 6.34. The Labute approximate surface area is 137 Å². The lowest BCUT2D eigenvalue weighted by Gasteiger charge is -2.11. The van der Waals surface area contributed by atoms with E-state index in [0.29, 0.717) is 17.7 Å². The minimum Gasteiger partial charge on any atom is -0.422 e. The van der Waals surface area contributed by atoms with Crippen LogP contribution in [0.15, 0.2) is 45.1 Å². The molecule has 2 aromatic heterocycles. The van der Waals surface area contributed by atoms with Gasteiger partial charge in [0.15, 0.2) is 0 Å². The van der Waals surface area contributed by atoms with Crippen LogP contribution in [0, 0.1) is 6.92 Å². The Kier molecular flexibility index (Phi) is 4.25. The van der Waals surface area contributed by atoms with Gasteiger partial charge in [-0.3, -0.25) is 4.79 Å². The highest BCUT2D eigenvalue weighted by atomic mass is 32.1. The molecule has 0 aliphatic carbocycles. The molecule has 0 aliphatic rings. The Morgan fingerprint density at radius 1 is 1.39 bits per heavy atom. The molecule has 0 saturated heterocycles.